The largest absolute Gasteiger partial charge is 0.486 e. The zero-order chi connectivity index (χ0) is 19.8. The molecule has 2 nitrogen and oxygen atoms in total. The second-order valence-electron chi connectivity index (χ2n) is 6.75. The molecule has 0 bridgehead atoms. The third kappa shape index (κ3) is 4.19. The zero-order valence-electron chi connectivity index (χ0n) is 15.7. The summed E-state index contributed by atoms with van der Waals surface area (Å²) in [6.07, 6.45) is 0. The van der Waals surface area contributed by atoms with Gasteiger partial charge >= 0.3 is 0 Å². The highest BCUT2D eigenvalue weighted by molar-refractivity contribution is 8.19. The van der Waals surface area contributed by atoms with Crippen LogP contribution in [0.5, 0.6) is 5.75 Å². The summed E-state index contributed by atoms with van der Waals surface area (Å²) in [5.41, 5.74) is 3.64. The zero-order valence-corrected chi connectivity index (χ0v) is 19.7. The third-order valence-electron chi connectivity index (χ3n) is 4.82. The molecule has 7 heteroatoms. The summed E-state index contributed by atoms with van der Waals surface area (Å²) in [5, 5.41) is 5.09. The first-order valence-corrected chi connectivity index (χ1v) is 13.4. The van der Waals surface area contributed by atoms with E-state index in [0.29, 0.717) is 11.2 Å². The number of ether oxygens (including phenoxy) is 1. The summed E-state index contributed by atoms with van der Waals surface area (Å²) >= 11 is 13.6. The van der Waals surface area contributed by atoms with Gasteiger partial charge in [-0.25, -0.2) is 4.98 Å². The number of hydrogen-bond acceptors (Lipinski definition) is 6. The number of hydrogen-bond donors (Lipinski definition) is 0. The van der Waals surface area contributed by atoms with Crippen molar-refractivity contribution in [1.29, 1.82) is 0 Å². The monoisotopic (exact) mass is 475 g/mol. The number of thiazole rings is 1. The van der Waals surface area contributed by atoms with Crippen LogP contribution in [0.3, 0.4) is 0 Å². The van der Waals surface area contributed by atoms with E-state index < -0.39 is 0 Å². The first-order chi connectivity index (χ1) is 14.2. The summed E-state index contributed by atoms with van der Waals surface area (Å²) in [4.78, 5) is 6.03. The van der Waals surface area contributed by atoms with Crippen molar-refractivity contribution in [2.24, 2.45) is 0 Å². The number of fused-ring (bicyclic) bond motifs is 1. The lowest BCUT2D eigenvalue weighted by molar-refractivity contribution is 0.305. The van der Waals surface area contributed by atoms with Crippen molar-refractivity contribution < 1.29 is 4.74 Å². The second kappa shape index (κ2) is 8.52. The Labute approximate surface area is 191 Å². The summed E-state index contributed by atoms with van der Waals surface area (Å²) in [7, 11) is 0. The van der Waals surface area contributed by atoms with Crippen LogP contribution in [0.25, 0.3) is 20.7 Å². The number of nitrogens with zero attached hydrogens (tertiary/aromatic N) is 1. The van der Waals surface area contributed by atoms with Gasteiger partial charge in [-0.15, -0.1) is 46.2 Å². The molecule has 0 N–H and O–H groups in total. The van der Waals surface area contributed by atoms with Crippen LogP contribution in [0, 0.1) is 6.92 Å². The molecular formula is C22H18ClNOS4. The van der Waals surface area contributed by atoms with Gasteiger partial charge in [0, 0.05) is 26.6 Å². The molecule has 5 rings (SSSR count). The Morgan fingerprint density at radius 3 is 2.69 bits per heavy atom. The number of halogens is 1. The number of thiophene rings is 1. The molecule has 0 saturated carbocycles. The topological polar surface area (TPSA) is 22.1 Å². The molecule has 1 aliphatic heterocycles. The fourth-order valence-electron chi connectivity index (χ4n) is 3.34. The van der Waals surface area contributed by atoms with Crippen molar-refractivity contribution >= 4 is 67.9 Å². The Bertz CT molecular complexity index is 1150. The lowest BCUT2D eigenvalue weighted by atomic mass is 10.1. The van der Waals surface area contributed by atoms with Crippen LogP contribution in [0.1, 0.15) is 20.7 Å². The highest BCUT2D eigenvalue weighted by atomic mass is 35.5. The number of rotatable bonds is 5. The first kappa shape index (κ1) is 19.8. The number of thioether (sulfide) groups is 2. The van der Waals surface area contributed by atoms with Crippen molar-refractivity contribution in [2.75, 3.05) is 11.5 Å². The lowest BCUT2D eigenvalue weighted by Crippen LogP contribution is -1.95. The van der Waals surface area contributed by atoms with E-state index in [1.54, 1.807) is 22.7 Å². The predicted octanol–water partition coefficient (Wildman–Crippen LogP) is 8.04. The second-order valence-corrected chi connectivity index (χ2v) is 11.9. The third-order valence-corrected chi connectivity index (χ3v) is 10.3. The van der Waals surface area contributed by atoms with E-state index in [1.165, 1.54) is 37.6 Å². The SMILES string of the molecule is Cc1c(-c2csc(COc3ccc(C4SCCS4)cc3)n2)sc2ccc(Cl)cc12. The standard InChI is InChI=1S/C22H18ClNOS4/c1-13-17-10-15(23)4-7-19(17)29-21(13)18-12-28-20(24-18)11-25-16-5-2-14(3-6-16)22-26-8-9-27-22/h2-7,10,12,22H,8-9,11H2,1H3. The molecule has 29 heavy (non-hydrogen) atoms. The number of benzene rings is 2. The minimum Gasteiger partial charge on any atom is -0.486 e. The number of aryl methyl sites for hydroxylation is 1. The van der Waals surface area contributed by atoms with Crippen LogP contribution in [0.2, 0.25) is 5.02 Å². The molecule has 2 aromatic carbocycles. The van der Waals surface area contributed by atoms with Crippen LogP contribution in [-0.4, -0.2) is 16.5 Å². The molecular weight excluding hydrogens is 458 g/mol. The van der Waals surface area contributed by atoms with E-state index >= 15 is 0 Å². The van der Waals surface area contributed by atoms with Gasteiger partial charge in [0.05, 0.1) is 15.2 Å². The Hall–Kier alpha value is -1.18. The average molecular weight is 476 g/mol. The van der Waals surface area contributed by atoms with Gasteiger partial charge in [-0.3, -0.25) is 0 Å². The molecule has 0 atom stereocenters. The normalized spacial score (nSPS) is 14.7. The Kier molecular flexibility index (Phi) is 5.80. The van der Waals surface area contributed by atoms with Crippen molar-refractivity contribution in [1.82, 2.24) is 4.98 Å². The minimum absolute atomic E-state index is 0.493. The molecule has 2 aromatic heterocycles. The maximum Gasteiger partial charge on any atom is 0.140 e. The fraction of sp³-hybridized carbons (Fsp3) is 0.227. The smallest absolute Gasteiger partial charge is 0.140 e. The molecule has 0 unspecified atom stereocenters. The Morgan fingerprint density at radius 2 is 1.90 bits per heavy atom. The van der Waals surface area contributed by atoms with Gasteiger partial charge in [-0.1, -0.05) is 23.7 Å². The maximum absolute atomic E-state index is 6.17. The molecule has 4 aromatic rings. The van der Waals surface area contributed by atoms with Gasteiger partial charge in [0.15, 0.2) is 0 Å². The molecule has 1 aliphatic rings. The maximum atomic E-state index is 6.17. The quantitative estimate of drug-likeness (QED) is 0.291. The van der Waals surface area contributed by atoms with E-state index in [4.69, 9.17) is 21.3 Å². The fourth-order valence-corrected chi connectivity index (χ4v) is 8.29. The average Bonchev–Trinajstić information content (AvgIpc) is 3.48. The molecule has 1 fully saturated rings. The van der Waals surface area contributed by atoms with Crippen LogP contribution in [0.15, 0.2) is 47.8 Å². The lowest BCUT2D eigenvalue weighted by Gasteiger charge is -2.09. The molecule has 148 valence electrons. The molecule has 0 amide bonds. The van der Waals surface area contributed by atoms with Crippen LogP contribution in [-0.2, 0) is 6.61 Å². The molecule has 0 aliphatic carbocycles. The summed E-state index contributed by atoms with van der Waals surface area (Å²) < 4.78 is 7.80. The Balaban J connectivity index is 1.29. The van der Waals surface area contributed by atoms with E-state index in [1.807, 2.05) is 35.7 Å². The predicted molar refractivity (Wildman–Crippen MR) is 131 cm³/mol. The van der Waals surface area contributed by atoms with E-state index in [0.717, 1.165) is 21.5 Å². The van der Waals surface area contributed by atoms with Crippen LogP contribution < -0.4 is 4.74 Å². The highest BCUT2D eigenvalue weighted by Gasteiger charge is 2.18. The van der Waals surface area contributed by atoms with Crippen LogP contribution in [0.4, 0.5) is 0 Å². The van der Waals surface area contributed by atoms with Crippen molar-refractivity contribution in [3.8, 4) is 16.3 Å². The van der Waals surface area contributed by atoms with Gasteiger partial charge < -0.3 is 4.74 Å². The first-order valence-electron chi connectivity index (χ1n) is 9.27. The summed E-state index contributed by atoms with van der Waals surface area (Å²) in [6, 6.07) is 14.6. The van der Waals surface area contributed by atoms with Crippen molar-refractivity contribution in [3.63, 3.8) is 0 Å². The van der Waals surface area contributed by atoms with Crippen LogP contribution >= 0.6 is 57.8 Å². The van der Waals surface area contributed by atoms with Gasteiger partial charge in [0.25, 0.3) is 0 Å². The van der Waals surface area contributed by atoms with E-state index in [9.17, 15) is 0 Å². The number of aromatic nitrogens is 1. The van der Waals surface area contributed by atoms with E-state index in [2.05, 4.69) is 42.6 Å². The van der Waals surface area contributed by atoms with Gasteiger partial charge in [0.2, 0.25) is 0 Å². The highest BCUT2D eigenvalue weighted by Crippen LogP contribution is 2.45. The minimum atomic E-state index is 0.493. The van der Waals surface area contributed by atoms with Crippen molar-refractivity contribution in [2.45, 2.75) is 18.1 Å². The van der Waals surface area contributed by atoms with Crippen molar-refractivity contribution in [3.05, 3.63) is 69.0 Å². The Morgan fingerprint density at radius 1 is 1.10 bits per heavy atom. The van der Waals surface area contributed by atoms with E-state index in [-0.39, 0.29) is 0 Å². The molecule has 0 radical (unpaired) electrons. The van der Waals surface area contributed by atoms with Gasteiger partial charge in [0.1, 0.15) is 17.4 Å². The summed E-state index contributed by atoms with van der Waals surface area (Å²) in [5.74, 6) is 3.38. The van der Waals surface area contributed by atoms with Gasteiger partial charge in [-0.05, 0) is 53.8 Å². The van der Waals surface area contributed by atoms with Gasteiger partial charge in [-0.2, -0.15) is 0 Å². The molecule has 1 saturated heterocycles. The molecule has 3 heterocycles. The summed E-state index contributed by atoms with van der Waals surface area (Å²) in [6.45, 7) is 2.63. The molecule has 0 spiro atoms.